The van der Waals surface area contributed by atoms with Gasteiger partial charge >= 0.3 is 6.09 Å². The summed E-state index contributed by atoms with van der Waals surface area (Å²) in [5.74, 6) is 2.81. The van der Waals surface area contributed by atoms with Gasteiger partial charge in [-0.2, -0.15) is 10.0 Å². The summed E-state index contributed by atoms with van der Waals surface area (Å²) in [4.78, 5) is 12.9. The maximum absolute atomic E-state index is 11.4. The molecule has 2 aliphatic carbocycles. The van der Waals surface area contributed by atoms with Gasteiger partial charge in [-0.15, -0.1) is 20.4 Å². The van der Waals surface area contributed by atoms with Gasteiger partial charge in [0.15, 0.2) is 11.6 Å². The fourth-order valence-electron chi connectivity index (χ4n) is 2.11. The van der Waals surface area contributed by atoms with Gasteiger partial charge in [0.2, 0.25) is 0 Å². The lowest BCUT2D eigenvalue weighted by Crippen LogP contribution is -2.34. The Balaban J connectivity index is 0.000000201. The summed E-state index contributed by atoms with van der Waals surface area (Å²) in [6, 6.07) is 0. The Morgan fingerprint density at radius 3 is 2.46 bits per heavy atom. The number of ether oxygens (including phenoxy) is 1. The molecule has 4 rings (SSSR count). The van der Waals surface area contributed by atoms with E-state index < -0.39 is 11.7 Å². The third-order valence-corrected chi connectivity index (χ3v) is 3.70. The number of carbonyl (C=O) groups excluding carboxylic acids is 1. The number of nitrogens with one attached hydrogen (secondary N) is 2. The van der Waals surface area contributed by atoms with Gasteiger partial charge in [0.1, 0.15) is 5.60 Å². The Kier molecular flexibility index (Phi) is 5.43. The van der Waals surface area contributed by atoms with Crippen LogP contribution in [-0.4, -0.2) is 59.1 Å². The molecule has 2 fully saturated rings. The van der Waals surface area contributed by atoms with Crippen LogP contribution in [0.25, 0.3) is 0 Å². The number of alkyl carbamates (subject to hydrolysis) is 1. The van der Waals surface area contributed by atoms with Gasteiger partial charge < -0.3 is 10.1 Å². The number of aromatic nitrogens is 8. The Morgan fingerprint density at radius 1 is 1.19 bits per heavy atom. The number of nitrogens with zero attached hydrogens (tertiary/aromatic N) is 7. The highest BCUT2D eigenvalue weighted by Crippen LogP contribution is 2.37. The number of amides is 1. The summed E-state index contributed by atoms with van der Waals surface area (Å²) in [7, 11) is 0. The van der Waals surface area contributed by atoms with Crippen LogP contribution in [0.3, 0.4) is 0 Å². The van der Waals surface area contributed by atoms with Gasteiger partial charge in [0, 0.05) is 18.4 Å². The average Bonchev–Trinajstić information content (AvgIpc) is 3.49. The molecule has 11 heteroatoms. The second-order valence-corrected chi connectivity index (χ2v) is 7.49. The number of tetrazole rings is 2. The Hall–Kier alpha value is -2.59. The van der Waals surface area contributed by atoms with Crippen LogP contribution < -0.4 is 5.32 Å². The largest absolute Gasteiger partial charge is 0.444 e. The molecule has 142 valence electrons. The zero-order valence-corrected chi connectivity index (χ0v) is 15.3. The van der Waals surface area contributed by atoms with Crippen LogP contribution in [-0.2, 0) is 11.3 Å². The fourth-order valence-corrected chi connectivity index (χ4v) is 2.11. The van der Waals surface area contributed by atoms with Gasteiger partial charge in [-0.25, -0.2) is 4.79 Å². The molecule has 0 saturated heterocycles. The second kappa shape index (κ2) is 7.75. The standard InChI is InChI=1S/C11H19N5O2.C4H6N4/c1-11(2,3)18-10(17)12-6-7-16-14-9(13-15-16)8-4-5-8;1-2-3(1)4-5-7-8-6-4/h8H,4-7H2,1-3H3,(H,12,17);3H,1-2H2,(H,5,6,7,8). The molecule has 2 N–H and O–H groups in total. The van der Waals surface area contributed by atoms with Crippen molar-refractivity contribution in [3.63, 3.8) is 0 Å². The molecule has 11 nitrogen and oxygen atoms in total. The molecule has 0 radical (unpaired) electrons. The third-order valence-electron chi connectivity index (χ3n) is 3.70. The van der Waals surface area contributed by atoms with Crippen molar-refractivity contribution in [3.05, 3.63) is 11.6 Å². The number of hydrogen-bond donors (Lipinski definition) is 2. The predicted molar refractivity (Wildman–Crippen MR) is 90.2 cm³/mol. The second-order valence-electron chi connectivity index (χ2n) is 7.49. The van der Waals surface area contributed by atoms with E-state index in [-0.39, 0.29) is 0 Å². The topological polar surface area (TPSA) is 136 Å². The summed E-state index contributed by atoms with van der Waals surface area (Å²) in [6.45, 7) is 6.41. The minimum Gasteiger partial charge on any atom is -0.444 e. The summed E-state index contributed by atoms with van der Waals surface area (Å²) >= 11 is 0. The van der Waals surface area contributed by atoms with Crippen molar-refractivity contribution in [2.45, 2.75) is 70.4 Å². The van der Waals surface area contributed by atoms with Crippen LogP contribution in [0.2, 0.25) is 0 Å². The average molecular weight is 363 g/mol. The third kappa shape index (κ3) is 6.05. The minimum absolute atomic E-state index is 0.426. The van der Waals surface area contributed by atoms with Crippen LogP contribution in [0, 0.1) is 0 Å². The summed E-state index contributed by atoms with van der Waals surface area (Å²) < 4.78 is 5.11. The zero-order valence-electron chi connectivity index (χ0n) is 15.3. The molecule has 2 aliphatic rings. The van der Waals surface area contributed by atoms with Gasteiger partial charge in [0.05, 0.1) is 6.54 Å². The molecule has 26 heavy (non-hydrogen) atoms. The van der Waals surface area contributed by atoms with E-state index in [0.29, 0.717) is 24.9 Å². The highest BCUT2D eigenvalue weighted by atomic mass is 16.6. The van der Waals surface area contributed by atoms with E-state index >= 15 is 0 Å². The van der Waals surface area contributed by atoms with E-state index in [1.807, 2.05) is 20.8 Å². The lowest BCUT2D eigenvalue weighted by Gasteiger charge is -2.19. The molecule has 0 spiro atoms. The summed E-state index contributed by atoms with van der Waals surface area (Å²) in [5.41, 5.74) is -0.477. The van der Waals surface area contributed by atoms with E-state index in [2.05, 4.69) is 41.4 Å². The first kappa shape index (κ1) is 18.2. The minimum atomic E-state index is -0.477. The number of carbonyl (C=O) groups is 1. The van der Waals surface area contributed by atoms with Crippen molar-refractivity contribution in [3.8, 4) is 0 Å². The number of rotatable bonds is 5. The first-order valence-electron chi connectivity index (χ1n) is 8.88. The van der Waals surface area contributed by atoms with Crippen molar-refractivity contribution in [2.75, 3.05) is 6.54 Å². The zero-order chi connectivity index (χ0) is 18.6. The Morgan fingerprint density at radius 2 is 1.88 bits per heavy atom. The molecule has 0 atom stereocenters. The first-order valence-corrected chi connectivity index (χ1v) is 8.88. The molecule has 2 aromatic heterocycles. The summed E-state index contributed by atoms with van der Waals surface area (Å²) in [6.07, 6.45) is 4.35. The van der Waals surface area contributed by atoms with Crippen molar-refractivity contribution in [1.29, 1.82) is 0 Å². The summed E-state index contributed by atoms with van der Waals surface area (Å²) in [5, 5.41) is 28.3. The predicted octanol–water partition coefficient (Wildman–Crippen LogP) is 1.15. The Bertz CT molecular complexity index is 699. The molecule has 1 amide bonds. The van der Waals surface area contributed by atoms with Crippen molar-refractivity contribution < 1.29 is 9.53 Å². The molecule has 0 bridgehead atoms. The van der Waals surface area contributed by atoms with Crippen molar-refractivity contribution in [2.24, 2.45) is 0 Å². The van der Waals surface area contributed by atoms with E-state index in [1.165, 1.54) is 17.6 Å². The van der Waals surface area contributed by atoms with Crippen LogP contribution >= 0.6 is 0 Å². The van der Waals surface area contributed by atoms with Crippen LogP contribution in [0.1, 0.15) is 69.9 Å². The molecular formula is C15H25N9O2. The SMILES string of the molecule is C1CC1c1nn[nH]n1.CC(C)(C)OC(=O)NCCn1nnc(C2CC2)n1. The maximum atomic E-state index is 11.4. The Labute approximate surface area is 151 Å². The highest BCUT2D eigenvalue weighted by molar-refractivity contribution is 5.67. The van der Waals surface area contributed by atoms with Gasteiger partial charge in [-0.1, -0.05) is 5.21 Å². The quantitative estimate of drug-likeness (QED) is 0.807. The van der Waals surface area contributed by atoms with Gasteiger partial charge in [-0.3, -0.25) is 0 Å². The first-order chi connectivity index (χ1) is 12.4. The fraction of sp³-hybridized carbons (Fsp3) is 0.800. The lowest BCUT2D eigenvalue weighted by atomic mass is 10.2. The van der Waals surface area contributed by atoms with Crippen LogP contribution in [0.5, 0.6) is 0 Å². The molecule has 2 aromatic rings. The number of hydrogen-bond acceptors (Lipinski definition) is 8. The number of H-pyrrole nitrogens is 1. The molecule has 0 aliphatic heterocycles. The van der Waals surface area contributed by atoms with Crippen LogP contribution in [0.4, 0.5) is 4.79 Å². The van der Waals surface area contributed by atoms with Gasteiger partial charge in [0.25, 0.3) is 0 Å². The van der Waals surface area contributed by atoms with Crippen molar-refractivity contribution >= 4 is 6.09 Å². The van der Waals surface area contributed by atoms with E-state index in [4.69, 9.17) is 4.74 Å². The smallest absolute Gasteiger partial charge is 0.407 e. The van der Waals surface area contributed by atoms with E-state index in [0.717, 1.165) is 24.5 Å². The molecule has 2 saturated carbocycles. The van der Waals surface area contributed by atoms with Crippen LogP contribution in [0.15, 0.2) is 0 Å². The lowest BCUT2D eigenvalue weighted by molar-refractivity contribution is 0.0525. The van der Waals surface area contributed by atoms with E-state index in [1.54, 1.807) is 0 Å². The normalized spacial score (nSPS) is 16.6. The molecule has 0 aromatic carbocycles. The monoisotopic (exact) mass is 363 g/mol. The molecular weight excluding hydrogens is 338 g/mol. The molecule has 0 unspecified atom stereocenters. The highest BCUT2D eigenvalue weighted by Gasteiger charge is 2.28. The van der Waals surface area contributed by atoms with Crippen molar-refractivity contribution in [1.82, 2.24) is 46.1 Å². The van der Waals surface area contributed by atoms with E-state index in [9.17, 15) is 4.79 Å². The van der Waals surface area contributed by atoms with Gasteiger partial charge in [-0.05, 0) is 51.7 Å². The number of aromatic amines is 1. The molecule has 2 heterocycles. The maximum Gasteiger partial charge on any atom is 0.407 e.